The van der Waals surface area contributed by atoms with Crippen LogP contribution in [0.15, 0.2) is 10.4 Å². The first-order chi connectivity index (χ1) is 12.2. The molecule has 0 aliphatic carbocycles. The second-order valence-electron chi connectivity index (χ2n) is 6.79. The van der Waals surface area contributed by atoms with Gasteiger partial charge in [0, 0.05) is 51.6 Å². The first kappa shape index (κ1) is 23.4. The molecule has 1 aromatic heterocycles. The number of halogens is 1. The van der Waals surface area contributed by atoms with Gasteiger partial charge in [0.1, 0.15) is 0 Å². The zero-order valence-corrected chi connectivity index (χ0v) is 19.4. The van der Waals surface area contributed by atoms with Crippen molar-refractivity contribution in [1.29, 1.82) is 0 Å². The van der Waals surface area contributed by atoms with E-state index in [-0.39, 0.29) is 24.0 Å². The molecule has 6 nitrogen and oxygen atoms in total. The van der Waals surface area contributed by atoms with Gasteiger partial charge in [-0.1, -0.05) is 13.8 Å². The minimum Gasteiger partial charge on any atom is -0.380 e. The number of aliphatic imine (C=N–C) groups is 1. The molecule has 2 heterocycles. The normalized spacial score (nSPS) is 14.6. The van der Waals surface area contributed by atoms with Crippen molar-refractivity contribution in [3.05, 3.63) is 11.1 Å². The van der Waals surface area contributed by atoms with E-state index in [0.29, 0.717) is 12.5 Å². The first-order valence-corrected chi connectivity index (χ1v) is 10.3. The lowest BCUT2D eigenvalue weighted by atomic mass is 10.1. The lowest BCUT2D eigenvalue weighted by Gasteiger charge is -2.13. The Kier molecular flexibility index (Phi) is 12.2. The molecular weight excluding hydrogens is 461 g/mol. The standard InChI is InChI=1S/C18H33N5OS.HI/c1-15(2)7-12-24-13-9-21-17(19-3)20-8-6-16-14-25-18(22-16)23-10-4-5-11-23;/h14-15H,4-13H2,1-3H3,(H2,19,20,21);1H. The van der Waals surface area contributed by atoms with Crippen molar-refractivity contribution in [2.24, 2.45) is 10.9 Å². The predicted octanol–water partition coefficient (Wildman–Crippen LogP) is 3.13. The van der Waals surface area contributed by atoms with Crippen molar-refractivity contribution in [3.8, 4) is 0 Å². The molecule has 1 aromatic rings. The van der Waals surface area contributed by atoms with Gasteiger partial charge in [-0.15, -0.1) is 35.3 Å². The fourth-order valence-electron chi connectivity index (χ4n) is 2.66. The molecule has 8 heteroatoms. The van der Waals surface area contributed by atoms with E-state index in [1.54, 1.807) is 18.4 Å². The van der Waals surface area contributed by atoms with Crippen LogP contribution in [-0.4, -0.2) is 57.4 Å². The van der Waals surface area contributed by atoms with Gasteiger partial charge in [-0.25, -0.2) is 4.98 Å². The minimum atomic E-state index is 0. The molecule has 1 aliphatic heterocycles. The van der Waals surface area contributed by atoms with Crippen LogP contribution in [0.2, 0.25) is 0 Å². The van der Waals surface area contributed by atoms with Gasteiger partial charge in [0.05, 0.1) is 12.3 Å². The number of nitrogens with one attached hydrogen (secondary N) is 2. The Labute approximate surface area is 179 Å². The summed E-state index contributed by atoms with van der Waals surface area (Å²) in [5.41, 5.74) is 1.16. The summed E-state index contributed by atoms with van der Waals surface area (Å²) >= 11 is 1.76. The highest BCUT2D eigenvalue weighted by atomic mass is 127. The number of nitrogens with zero attached hydrogens (tertiary/aromatic N) is 3. The number of hydrogen-bond donors (Lipinski definition) is 2. The molecule has 0 spiro atoms. The Hall–Kier alpha value is -0.610. The summed E-state index contributed by atoms with van der Waals surface area (Å²) in [4.78, 5) is 11.4. The molecule has 1 fully saturated rings. The Bertz CT molecular complexity index is 517. The number of rotatable bonds is 10. The third-order valence-electron chi connectivity index (χ3n) is 4.19. The molecule has 0 atom stereocenters. The topological polar surface area (TPSA) is 61.8 Å². The molecule has 0 saturated carbocycles. The van der Waals surface area contributed by atoms with Crippen LogP contribution in [-0.2, 0) is 11.2 Å². The maximum atomic E-state index is 5.61. The molecular formula is C18H34IN5OS. The Morgan fingerprint density at radius 2 is 2.00 bits per heavy atom. The SMILES string of the molecule is CN=C(NCCOCCC(C)C)NCCc1csc(N2CCCC2)n1.I. The van der Waals surface area contributed by atoms with Crippen molar-refractivity contribution in [1.82, 2.24) is 15.6 Å². The number of thiazole rings is 1. The average Bonchev–Trinajstić information content (AvgIpc) is 3.27. The van der Waals surface area contributed by atoms with Gasteiger partial charge in [0.25, 0.3) is 0 Å². The van der Waals surface area contributed by atoms with E-state index in [1.807, 2.05) is 0 Å². The third-order valence-corrected chi connectivity index (χ3v) is 5.14. The van der Waals surface area contributed by atoms with E-state index in [0.717, 1.165) is 57.3 Å². The van der Waals surface area contributed by atoms with E-state index in [1.165, 1.54) is 18.0 Å². The van der Waals surface area contributed by atoms with Crippen LogP contribution in [0.25, 0.3) is 0 Å². The summed E-state index contributed by atoms with van der Waals surface area (Å²) in [5, 5.41) is 9.97. The Balaban J connectivity index is 0.00000338. The zero-order valence-electron chi connectivity index (χ0n) is 16.3. The summed E-state index contributed by atoms with van der Waals surface area (Å²) < 4.78 is 5.61. The predicted molar refractivity (Wildman–Crippen MR) is 122 cm³/mol. The molecule has 0 aromatic carbocycles. The van der Waals surface area contributed by atoms with E-state index in [4.69, 9.17) is 9.72 Å². The van der Waals surface area contributed by atoms with Crippen LogP contribution in [0, 0.1) is 5.92 Å². The Morgan fingerprint density at radius 1 is 1.27 bits per heavy atom. The molecule has 150 valence electrons. The van der Waals surface area contributed by atoms with Gasteiger partial charge < -0.3 is 20.3 Å². The van der Waals surface area contributed by atoms with Gasteiger partial charge in [0.15, 0.2) is 11.1 Å². The minimum absolute atomic E-state index is 0. The highest BCUT2D eigenvalue weighted by Gasteiger charge is 2.15. The van der Waals surface area contributed by atoms with Gasteiger partial charge in [0.2, 0.25) is 0 Å². The van der Waals surface area contributed by atoms with Gasteiger partial charge >= 0.3 is 0 Å². The van der Waals surface area contributed by atoms with Crippen LogP contribution in [0.3, 0.4) is 0 Å². The molecule has 2 N–H and O–H groups in total. The first-order valence-electron chi connectivity index (χ1n) is 9.40. The van der Waals surface area contributed by atoms with E-state index < -0.39 is 0 Å². The molecule has 26 heavy (non-hydrogen) atoms. The van der Waals surface area contributed by atoms with Crippen LogP contribution >= 0.6 is 35.3 Å². The summed E-state index contributed by atoms with van der Waals surface area (Å²) in [6, 6.07) is 0. The van der Waals surface area contributed by atoms with Gasteiger partial charge in [-0.3, -0.25) is 4.99 Å². The largest absolute Gasteiger partial charge is 0.380 e. The van der Waals surface area contributed by atoms with Crippen LogP contribution in [0.1, 0.15) is 38.8 Å². The molecule has 0 bridgehead atoms. The number of hydrogen-bond acceptors (Lipinski definition) is 5. The summed E-state index contributed by atoms with van der Waals surface area (Å²) in [6.07, 6.45) is 4.61. The smallest absolute Gasteiger partial charge is 0.191 e. The zero-order chi connectivity index (χ0) is 17.9. The van der Waals surface area contributed by atoms with Crippen molar-refractivity contribution in [3.63, 3.8) is 0 Å². The number of ether oxygens (including phenoxy) is 1. The second-order valence-corrected chi connectivity index (χ2v) is 7.62. The number of anilines is 1. The Morgan fingerprint density at radius 3 is 2.69 bits per heavy atom. The summed E-state index contributed by atoms with van der Waals surface area (Å²) in [6.45, 7) is 9.87. The monoisotopic (exact) mass is 495 g/mol. The second kappa shape index (κ2) is 13.5. The van der Waals surface area contributed by atoms with Crippen molar-refractivity contribution >= 4 is 46.4 Å². The highest BCUT2D eigenvalue weighted by Crippen LogP contribution is 2.24. The maximum absolute atomic E-state index is 5.61. The average molecular weight is 495 g/mol. The van der Waals surface area contributed by atoms with Crippen molar-refractivity contribution in [2.75, 3.05) is 51.3 Å². The lowest BCUT2D eigenvalue weighted by molar-refractivity contribution is 0.128. The van der Waals surface area contributed by atoms with E-state index in [9.17, 15) is 0 Å². The van der Waals surface area contributed by atoms with Crippen LogP contribution in [0.5, 0.6) is 0 Å². The molecule has 2 rings (SSSR count). The number of guanidine groups is 1. The molecule has 0 amide bonds. The van der Waals surface area contributed by atoms with Crippen LogP contribution < -0.4 is 15.5 Å². The van der Waals surface area contributed by atoms with Crippen LogP contribution in [0.4, 0.5) is 5.13 Å². The highest BCUT2D eigenvalue weighted by molar-refractivity contribution is 14.0. The molecule has 1 aliphatic rings. The fraction of sp³-hybridized carbons (Fsp3) is 0.778. The number of aromatic nitrogens is 1. The maximum Gasteiger partial charge on any atom is 0.191 e. The molecule has 0 unspecified atom stereocenters. The summed E-state index contributed by atoms with van der Waals surface area (Å²) in [5.74, 6) is 1.52. The van der Waals surface area contributed by atoms with E-state index in [2.05, 4.69) is 39.8 Å². The van der Waals surface area contributed by atoms with Crippen molar-refractivity contribution in [2.45, 2.75) is 39.5 Å². The molecule has 0 radical (unpaired) electrons. The fourth-order valence-corrected chi connectivity index (χ4v) is 3.57. The lowest BCUT2D eigenvalue weighted by Crippen LogP contribution is -2.39. The quantitative estimate of drug-likeness (QED) is 0.226. The van der Waals surface area contributed by atoms with Gasteiger partial charge in [-0.2, -0.15) is 0 Å². The van der Waals surface area contributed by atoms with Crippen molar-refractivity contribution < 1.29 is 4.74 Å². The summed E-state index contributed by atoms with van der Waals surface area (Å²) in [7, 11) is 1.79. The molecule has 1 saturated heterocycles. The van der Waals surface area contributed by atoms with Gasteiger partial charge in [-0.05, 0) is 25.2 Å². The third kappa shape index (κ3) is 8.85. The van der Waals surface area contributed by atoms with E-state index >= 15 is 0 Å².